The molecule has 0 saturated carbocycles. The number of carbonyl (C=O) groups is 2. The second-order valence-corrected chi connectivity index (χ2v) is 4.23. The Labute approximate surface area is 89.4 Å². The first-order valence-corrected chi connectivity index (χ1v) is 5.18. The van der Waals surface area contributed by atoms with Crippen LogP contribution >= 0.6 is 0 Å². The second kappa shape index (κ2) is 4.61. The van der Waals surface area contributed by atoms with Gasteiger partial charge in [-0.2, -0.15) is 0 Å². The van der Waals surface area contributed by atoms with Crippen molar-refractivity contribution in [1.82, 2.24) is 10.2 Å². The SMILES string of the molecule is CN(CCC(=O)O)C(=O)C1(C)CCCN1. The normalized spacial score (nSPS) is 25.2. The smallest absolute Gasteiger partial charge is 0.305 e. The van der Waals surface area contributed by atoms with Crippen molar-refractivity contribution in [2.45, 2.75) is 31.7 Å². The molecule has 1 fully saturated rings. The van der Waals surface area contributed by atoms with E-state index in [1.165, 1.54) is 4.90 Å². The Kier molecular flexibility index (Phi) is 3.68. The summed E-state index contributed by atoms with van der Waals surface area (Å²) in [5, 5.41) is 11.7. The zero-order chi connectivity index (χ0) is 11.5. The molecule has 1 unspecified atom stereocenters. The monoisotopic (exact) mass is 214 g/mol. The van der Waals surface area contributed by atoms with Gasteiger partial charge in [0, 0.05) is 13.6 Å². The summed E-state index contributed by atoms with van der Waals surface area (Å²) in [5.74, 6) is -0.888. The van der Waals surface area contributed by atoms with Crippen LogP contribution in [0.15, 0.2) is 0 Å². The maximum absolute atomic E-state index is 12.0. The summed E-state index contributed by atoms with van der Waals surface area (Å²) in [6.07, 6.45) is 1.82. The molecule has 1 amide bonds. The van der Waals surface area contributed by atoms with Gasteiger partial charge in [0.2, 0.25) is 5.91 Å². The summed E-state index contributed by atoms with van der Waals surface area (Å²) in [5.41, 5.74) is -0.493. The van der Waals surface area contributed by atoms with Gasteiger partial charge in [0.1, 0.15) is 0 Å². The third kappa shape index (κ3) is 2.92. The van der Waals surface area contributed by atoms with Crippen molar-refractivity contribution in [3.05, 3.63) is 0 Å². The predicted molar refractivity (Wildman–Crippen MR) is 55.5 cm³/mol. The van der Waals surface area contributed by atoms with Crippen LogP contribution in [-0.4, -0.2) is 47.6 Å². The van der Waals surface area contributed by atoms with Crippen molar-refractivity contribution in [2.24, 2.45) is 0 Å². The summed E-state index contributed by atoms with van der Waals surface area (Å²) in [4.78, 5) is 23.8. The Morgan fingerprint density at radius 1 is 1.53 bits per heavy atom. The second-order valence-electron chi connectivity index (χ2n) is 4.23. The summed E-state index contributed by atoms with van der Waals surface area (Å²) < 4.78 is 0. The van der Waals surface area contributed by atoms with Crippen LogP contribution in [0.5, 0.6) is 0 Å². The highest BCUT2D eigenvalue weighted by molar-refractivity contribution is 5.86. The molecular formula is C10H18N2O3. The quantitative estimate of drug-likeness (QED) is 0.694. The van der Waals surface area contributed by atoms with E-state index in [1.807, 2.05) is 6.92 Å². The van der Waals surface area contributed by atoms with Gasteiger partial charge in [0.25, 0.3) is 0 Å². The Morgan fingerprint density at radius 2 is 2.20 bits per heavy atom. The number of aliphatic carboxylic acids is 1. The van der Waals surface area contributed by atoms with Gasteiger partial charge in [-0.05, 0) is 26.3 Å². The van der Waals surface area contributed by atoms with Crippen LogP contribution in [0.25, 0.3) is 0 Å². The molecule has 1 aliphatic rings. The van der Waals surface area contributed by atoms with Crippen LogP contribution in [0.2, 0.25) is 0 Å². The number of hydrogen-bond donors (Lipinski definition) is 2. The van der Waals surface area contributed by atoms with E-state index in [-0.39, 0.29) is 18.9 Å². The average Bonchev–Trinajstić information content (AvgIpc) is 2.61. The van der Waals surface area contributed by atoms with Crippen LogP contribution in [0.3, 0.4) is 0 Å². The van der Waals surface area contributed by atoms with E-state index < -0.39 is 11.5 Å². The molecule has 0 bridgehead atoms. The molecular weight excluding hydrogens is 196 g/mol. The minimum Gasteiger partial charge on any atom is -0.481 e. The van der Waals surface area contributed by atoms with Crippen molar-refractivity contribution in [1.29, 1.82) is 0 Å². The highest BCUT2D eigenvalue weighted by Gasteiger charge is 2.37. The van der Waals surface area contributed by atoms with Crippen molar-refractivity contribution >= 4 is 11.9 Å². The van der Waals surface area contributed by atoms with Gasteiger partial charge in [0.05, 0.1) is 12.0 Å². The van der Waals surface area contributed by atoms with Gasteiger partial charge in [0.15, 0.2) is 0 Å². The maximum Gasteiger partial charge on any atom is 0.305 e. The van der Waals surface area contributed by atoms with E-state index in [9.17, 15) is 9.59 Å². The van der Waals surface area contributed by atoms with Gasteiger partial charge in [-0.25, -0.2) is 0 Å². The number of carbonyl (C=O) groups excluding carboxylic acids is 1. The Hall–Kier alpha value is -1.10. The number of carboxylic acid groups (broad SMARTS) is 1. The van der Waals surface area contributed by atoms with E-state index in [2.05, 4.69) is 5.32 Å². The Morgan fingerprint density at radius 3 is 2.67 bits per heavy atom. The van der Waals surface area contributed by atoms with Crippen molar-refractivity contribution < 1.29 is 14.7 Å². The number of nitrogens with zero attached hydrogens (tertiary/aromatic N) is 1. The standard InChI is InChI=1S/C10H18N2O3/c1-10(5-3-6-11-10)9(15)12(2)7-4-8(13)14/h11H,3-7H2,1-2H3,(H,13,14). The topological polar surface area (TPSA) is 69.6 Å². The molecule has 0 aromatic carbocycles. The summed E-state index contributed by atoms with van der Waals surface area (Å²) in [6.45, 7) is 3.00. The van der Waals surface area contributed by atoms with Crippen LogP contribution in [0.1, 0.15) is 26.2 Å². The molecule has 1 heterocycles. The largest absolute Gasteiger partial charge is 0.481 e. The molecule has 0 aliphatic carbocycles. The third-order valence-corrected chi connectivity index (χ3v) is 2.85. The number of carboxylic acids is 1. The molecule has 1 rings (SSSR count). The lowest BCUT2D eigenvalue weighted by Crippen LogP contribution is -2.52. The lowest BCUT2D eigenvalue weighted by molar-refractivity contribution is -0.139. The molecule has 0 radical (unpaired) electrons. The third-order valence-electron chi connectivity index (χ3n) is 2.85. The van der Waals surface area contributed by atoms with E-state index >= 15 is 0 Å². The van der Waals surface area contributed by atoms with Crippen LogP contribution in [-0.2, 0) is 9.59 Å². The molecule has 2 N–H and O–H groups in total. The molecule has 0 spiro atoms. The zero-order valence-electron chi connectivity index (χ0n) is 9.25. The molecule has 0 aromatic heterocycles. The fraction of sp³-hybridized carbons (Fsp3) is 0.800. The lowest BCUT2D eigenvalue weighted by atomic mass is 9.98. The molecule has 1 atom stereocenters. The van der Waals surface area contributed by atoms with Gasteiger partial charge in [-0.1, -0.05) is 0 Å². The Bertz CT molecular complexity index is 259. The van der Waals surface area contributed by atoms with Gasteiger partial charge in [-0.15, -0.1) is 0 Å². The number of rotatable bonds is 4. The van der Waals surface area contributed by atoms with Crippen molar-refractivity contribution in [3.63, 3.8) is 0 Å². The predicted octanol–water partition coefficient (Wildman–Crippen LogP) is 0.0616. The van der Waals surface area contributed by atoms with Crippen LogP contribution < -0.4 is 5.32 Å². The number of amides is 1. The molecule has 86 valence electrons. The van der Waals surface area contributed by atoms with E-state index in [4.69, 9.17) is 5.11 Å². The lowest BCUT2D eigenvalue weighted by Gasteiger charge is -2.28. The number of nitrogens with one attached hydrogen (secondary N) is 1. The number of hydrogen-bond acceptors (Lipinski definition) is 3. The molecule has 15 heavy (non-hydrogen) atoms. The van der Waals surface area contributed by atoms with Gasteiger partial charge >= 0.3 is 5.97 Å². The minimum atomic E-state index is -0.876. The van der Waals surface area contributed by atoms with Crippen LogP contribution in [0.4, 0.5) is 0 Å². The number of likely N-dealkylation sites (N-methyl/N-ethyl adjacent to an activating group) is 1. The van der Waals surface area contributed by atoms with Gasteiger partial charge in [-0.3, -0.25) is 9.59 Å². The minimum absolute atomic E-state index is 0.00167. The molecule has 5 nitrogen and oxygen atoms in total. The van der Waals surface area contributed by atoms with Crippen molar-refractivity contribution in [3.8, 4) is 0 Å². The van der Waals surface area contributed by atoms with E-state index in [1.54, 1.807) is 7.05 Å². The first-order chi connectivity index (χ1) is 6.96. The first-order valence-electron chi connectivity index (χ1n) is 5.18. The summed E-state index contributed by atoms with van der Waals surface area (Å²) >= 11 is 0. The zero-order valence-corrected chi connectivity index (χ0v) is 9.25. The fourth-order valence-corrected chi connectivity index (χ4v) is 1.86. The summed E-state index contributed by atoms with van der Waals surface area (Å²) in [7, 11) is 1.65. The highest BCUT2D eigenvalue weighted by Crippen LogP contribution is 2.20. The Balaban J connectivity index is 2.48. The molecule has 1 saturated heterocycles. The van der Waals surface area contributed by atoms with Gasteiger partial charge < -0.3 is 15.3 Å². The molecule has 5 heteroatoms. The maximum atomic E-state index is 12.0. The summed E-state index contributed by atoms with van der Waals surface area (Å²) in [6, 6.07) is 0. The fourth-order valence-electron chi connectivity index (χ4n) is 1.86. The first kappa shape index (κ1) is 12.0. The van der Waals surface area contributed by atoms with E-state index in [0.717, 1.165) is 19.4 Å². The van der Waals surface area contributed by atoms with E-state index in [0.29, 0.717) is 0 Å². The highest BCUT2D eigenvalue weighted by atomic mass is 16.4. The molecule has 0 aromatic rings. The molecule has 1 aliphatic heterocycles. The average molecular weight is 214 g/mol. The van der Waals surface area contributed by atoms with Crippen molar-refractivity contribution in [2.75, 3.05) is 20.1 Å². The van der Waals surface area contributed by atoms with Crippen LogP contribution in [0, 0.1) is 0 Å².